The lowest BCUT2D eigenvalue weighted by atomic mass is 9.89. The second kappa shape index (κ2) is 41.6. The average Bonchev–Trinajstić information content (AvgIpc) is 1.47. The molecule has 586 valence electrons. The summed E-state index contributed by atoms with van der Waals surface area (Å²) >= 11 is 0. The summed E-state index contributed by atoms with van der Waals surface area (Å²) in [6.07, 6.45) is -12.6. The van der Waals surface area contributed by atoms with Gasteiger partial charge in [0.1, 0.15) is 36.6 Å². The summed E-state index contributed by atoms with van der Waals surface area (Å²) in [7, 11) is 2.07. The van der Waals surface area contributed by atoms with E-state index in [0.717, 1.165) is 65.1 Å². The lowest BCUT2D eigenvalue weighted by Gasteiger charge is -2.28. The van der Waals surface area contributed by atoms with E-state index in [0.29, 0.717) is 53.2 Å². The quantitative estimate of drug-likeness (QED) is 0.0366. The molecule has 0 spiro atoms. The summed E-state index contributed by atoms with van der Waals surface area (Å²) in [6.45, 7) is 23.8. The molecule has 9 nitrogen and oxygen atoms in total. The van der Waals surface area contributed by atoms with Crippen LogP contribution in [0, 0.1) is 41.5 Å². The van der Waals surface area contributed by atoms with Gasteiger partial charge in [0, 0.05) is 88.7 Å². The monoisotopic (exact) mass is 1520 g/mol. The van der Waals surface area contributed by atoms with Gasteiger partial charge in [0.25, 0.3) is 0 Å². The Morgan fingerprint density at radius 3 is 1.03 bits per heavy atom. The highest BCUT2D eigenvalue weighted by atomic mass is 19.4. The molecule has 0 bridgehead atoms. The number of hydrogen-bond donors (Lipinski definition) is 0. The van der Waals surface area contributed by atoms with E-state index in [1.54, 1.807) is 72.8 Å². The van der Waals surface area contributed by atoms with Gasteiger partial charge in [-0.1, -0.05) is 229 Å². The number of carbonyl (C=O) groups excluding carboxylic acids is 3. The summed E-state index contributed by atoms with van der Waals surface area (Å²) in [5.41, 5.74) is 17.2. The Morgan fingerprint density at radius 2 is 0.709 bits per heavy atom. The molecule has 1 saturated heterocycles. The van der Waals surface area contributed by atoms with E-state index in [1.165, 1.54) is 66.8 Å². The van der Waals surface area contributed by atoms with Gasteiger partial charge in [0.05, 0.1) is 0 Å². The van der Waals surface area contributed by atoms with Crippen LogP contribution in [0.4, 0.5) is 39.5 Å². The summed E-state index contributed by atoms with van der Waals surface area (Å²) in [4.78, 5) is 40.5. The van der Waals surface area contributed by atoms with Crippen LogP contribution >= 0.6 is 0 Å². The van der Waals surface area contributed by atoms with Gasteiger partial charge in [-0.15, -0.1) is 0 Å². The summed E-state index contributed by atoms with van der Waals surface area (Å²) in [5, 5.41) is 0. The largest absolute Gasteiger partial charge is 0.492 e. The van der Waals surface area contributed by atoms with Crippen molar-refractivity contribution in [3.63, 3.8) is 0 Å². The van der Waals surface area contributed by atoms with Crippen LogP contribution in [0.5, 0.6) is 17.2 Å². The molecule has 1 fully saturated rings. The lowest BCUT2D eigenvalue weighted by molar-refractivity contribution is -0.171. The zero-order chi connectivity index (χ0) is 79.5. The van der Waals surface area contributed by atoms with Crippen molar-refractivity contribution >= 4 is 17.3 Å². The predicted octanol–water partition coefficient (Wildman–Crippen LogP) is 21.2. The van der Waals surface area contributed by atoms with Gasteiger partial charge < -0.3 is 19.1 Å². The second-order valence-electron chi connectivity index (χ2n) is 29.2. The Hall–Kier alpha value is -9.36. The zero-order valence-electron chi connectivity index (χ0n) is 64.6. The maximum Gasteiger partial charge on any atom is 0.449 e. The van der Waals surface area contributed by atoms with Gasteiger partial charge in [0.2, 0.25) is 17.3 Å². The van der Waals surface area contributed by atoms with Crippen LogP contribution in [-0.4, -0.2) is 129 Å². The Bertz CT molecular complexity index is 4110. The number of likely N-dealkylation sites (N-methyl/N-ethyl adjacent to an activating group) is 1. The number of ether oxygens (including phenoxy) is 3. The van der Waals surface area contributed by atoms with E-state index in [4.69, 9.17) is 14.2 Å². The Balaban J connectivity index is 0.000000208. The molecule has 1 aliphatic rings. The van der Waals surface area contributed by atoms with Crippen molar-refractivity contribution < 1.29 is 68.1 Å². The molecule has 110 heavy (non-hydrogen) atoms. The first kappa shape index (κ1) is 86.2. The molecule has 0 saturated carbocycles. The van der Waals surface area contributed by atoms with Crippen molar-refractivity contribution in [3.05, 3.63) is 302 Å². The van der Waals surface area contributed by atoms with E-state index in [1.807, 2.05) is 0 Å². The molecule has 18 heteroatoms. The van der Waals surface area contributed by atoms with Gasteiger partial charge in [-0.05, 0) is 174 Å². The van der Waals surface area contributed by atoms with E-state index >= 15 is 0 Å². The minimum atomic E-state index is -4.77. The normalized spacial score (nSPS) is 14.0. The van der Waals surface area contributed by atoms with E-state index < -0.39 is 55.1 Å². The lowest BCUT2D eigenvalue weighted by Crippen LogP contribution is -2.33. The van der Waals surface area contributed by atoms with E-state index in [-0.39, 0.29) is 43.1 Å². The van der Waals surface area contributed by atoms with Crippen molar-refractivity contribution in [2.75, 3.05) is 66.1 Å². The van der Waals surface area contributed by atoms with Gasteiger partial charge in [-0.2, -0.15) is 39.5 Å². The SMILES string of the molecule is CCCCN(CCOc1ccc(CCC(=O)C(F)(F)F)cc1)CC(c1ccc(C)cc1)c1ccc(C)cc1.Cc1ccc(C(CN(C)CCOc2ccc(CCC(=O)C(F)(F)F)cc2)c2ccc(C)cc2)cc1.Cc1ccc(C(CN2CC(Oc3ccc(CCC(=O)C(F)(F)F)cc3)C[C@H]2C)c2ccc(C)cc2)cc1. The fourth-order valence-corrected chi connectivity index (χ4v) is 13.2. The smallest absolute Gasteiger partial charge is 0.449 e. The van der Waals surface area contributed by atoms with E-state index in [2.05, 4.69) is 223 Å². The predicted molar refractivity (Wildman–Crippen MR) is 420 cm³/mol. The molecule has 1 unspecified atom stereocenters. The molecular formula is C92H104F9N3O6. The standard InChI is InChI=1S/C32H38F3NO2.C31H34F3NO2.C29H32F3NO2/c1-4-5-20-36(21-22-38-29-17-10-26(11-18-29)12-19-31(37)32(33,34)35)23-30(27-13-6-24(2)7-14-27)28-15-8-25(3)9-16-28;1-21-4-11-25(12-5-21)29(26-13-6-22(2)7-14-26)20-35-19-28(18-23(35)3)37-27-15-8-24(9-16-27)10-17-30(36)31(32,33)34;1-21-4-11-24(12-5-21)27(25-13-6-22(2)7-14-25)20-33(3)18-19-35-26-15-8-23(9-16-26)10-17-28(34)29(30,31)32/h6-11,13-18,30H,4-5,12,19-23H2,1-3H3;4-9,11-16,23,28-29H,10,17-20H2,1-3H3;4-9,11-16,27H,10,17-20H2,1-3H3/t;23-,28?;/m.1./s1. The first-order chi connectivity index (χ1) is 52.3. The topological polar surface area (TPSA) is 88.6 Å². The van der Waals surface area contributed by atoms with Crippen LogP contribution in [0.25, 0.3) is 0 Å². The minimum absolute atomic E-state index is 0.0318. The molecule has 9 aromatic carbocycles. The Kier molecular flexibility index (Phi) is 32.6. The fourth-order valence-electron chi connectivity index (χ4n) is 13.2. The molecule has 0 N–H and O–H groups in total. The number of unbranched alkanes of at least 4 members (excludes halogenated alkanes) is 1. The number of alkyl halides is 9. The number of hydrogen-bond acceptors (Lipinski definition) is 9. The number of ketones is 3. The second-order valence-corrected chi connectivity index (χ2v) is 29.2. The Labute approximate surface area is 643 Å². The van der Waals surface area contributed by atoms with Crippen molar-refractivity contribution in [1.29, 1.82) is 0 Å². The molecule has 0 aliphatic carbocycles. The van der Waals surface area contributed by atoms with Crippen LogP contribution in [0.15, 0.2) is 218 Å². The average molecular weight is 1520 g/mol. The number of likely N-dealkylation sites (tertiary alicyclic amines) is 1. The third-order valence-corrected chi connectivity index (χ3v) is 20.1. The number of aryl methyl sites for hydroxylation is 9. The van der Waals surface area contributed by atoms with Crippen molar-refractivity contribution in [3.8, 4) is 17.2 Å². The van der Waals surface area contributed by atoms with Crippen LogP contribution in [0.2, 0.25) is 0 Å². The van der Waals surface area contributed by atoms with Gasteiger partial charge >= 0.3 is 18.5 Å². The van der Waals surface area contributed by atoms with Gasteiger partial charge in [-0.3, -0.25) is 24.2 Å². The molecule has 1 heterocycles. The number of nitrogens with zero attached hydrogens (tertiary/aromatic N) is 3. The third kappa shape index (κ3) is 28.5. The van der Waals surface area contributed by atoms with E-state index in [9.17, 15) is 53.9 Å². The maximum absolute atomic E-state index is 12.4. The summed E-state index contributed by atoms with van der Waals surface area (Å²) < 4.78 is 130. The molecule has 0 aromatic heterocycles. The molecule has 9 aromatic rings. The molecule has 0 amide bonds. The van der Waals surface area contributed by atoms with Crippen LogP contribution in [0.1, 0.15) is 154 Å². The highest BCUT2D eigenvalue weighted by Crippen LogP contribution is 2.34. The van der Waals surface area contributed by atoms with Crippen molar-refractivity contribution in [2.45, 2.75) is 162 Å². The van der Waals surface area contributed by atoms with Crippen LogP contribution in [-0.2, 0) is 33.6 Å². The number of halogens is 9. The third-order valence-electron chi connectivity index (χ3n) is 20.1. The minimum Gasteiger partial charge on any atom is -0.492 e. The van der Waals surface area contributed by atoms with Crippen molar-refractivity contribution in [2.24, 2.45) is 0 Å². The molecule has 1 aliphatic heterocycles. The van der Waals surface area contributed by atoms with Crippen LogP contribution in [0.3, 0.4) is 0 Å². The number of Topliss-reactive ketones (excluding diaryl/α,β-unsaturated/α-hetero) is 3. The number of benzene rings is 9. The first-order valence-corrected chi connectivity index (χ1v) is 37.9. The van der Waals surface area contributed by atoms with Crippen molar-refractivity contribution in [1.82, 2.24) is 14.7 Å². The summed E-state index contributed by atoms with van der Waals surface area (Å²) in [6, 6.07) is 73.6. The van der Waals surface area contributed by atoms with Gasteiger partial charge in [0.15, 0.2) is 0 Å². The Morgan fingerprint density at radius 1 is 0.409 bits per heavy atom. The van der Waals surface area contributed by atoms with Crippen LogP contribution < -0.4 is 14.2 Å². The maximum atomic E-state index is 12.4. The number of rotatable bonds is 34. The molecule has 0 radical (unpaired) electrons. The van der Waals surface area contributed by atoms with Gasteiger partial charge in [-0.25, -0.2) is 0 Å². The molecule has 2 atom stereocenters. The molecule has 10 rings (SSSR count). The highest BCUT2D eigenvalue weighted by Gasteiger charge is 2.39. The first-order valence-electron chi connectivity index (χ1n) is 37.9. The highest BCUT2D eigenvalue weighted by molar-refractivity contribution is 5.85. The summed E-state index contributed by atoms with van der Waals surface area (Å²) in [5.74, 6) is -2.35. The zero-order valence-corrected chi connectivity index (χ0v) is 64.6. The molecular weight excluding hydrogens is 1410 g/mol. The fraction of sp³-hybridized carbons (Fsp3) is 0.380. The number of carbonyl (C=O) groups is 3.